The fraction of sp³-hybridized carbons (Fsp3) is 0.409. The van der Waals surface area contributed by atoms with Crippen LogP contribution < -0.4 is 15.4 Å². The Kier molecular flexibility index (Phi) is 9.05. The summed E-state index contributed by atoms with van der Waals surface area (Å²) in [5.74, 6) is 1.68. The Hall–Kier alpha value is -1.80. The summed E-state index contributed by atoms with van der Waals surface area (Å²) in [6, 6.07) is 18.8. The van der Waals surface area contributed by atoms with Crippen LogP contribution in [0.25, 0.3) is 0 Å². The molecule has 0 spiro atoms. The van der Waals surface area contributed by atoms with E-state index in [-0.39, 0.29) is 29.4 Å². The molecule has 2 aromatic carbocycles. The smallest absolute Gasteiger partial charge is 0.191 e. The molecular weight excluding hydrogens is 465 g/mol. The quantitative estimate of drug-likeness (QED) is 0.365. The second kappa shape index (κ2) is 11.3. The van der Waals surface area contributed by atoms with Gasteiger partial charge in [0.05, 0.1) is 7.11 Å². The van der Waals surface area contributed by atoms with Crippen molar-refractivity contribution in [3.8, 4) is 5.75 Å². The third kappa shape index (κ3) is 5.85. The third-order valence-corrected chi connectivity index (χ3v) is 5.27. The van der Waals surface area contributed by atoms with Crippen molar-refractivity contribution in [2.75, 3.05) is 33.9 Å². The molecule has 2 N–H and O–H groups in total. The summed E-state index contributed by atoms with van der Waals surface area (Å²) in [7, 11) is 3.49. The summed E-state index contributed by atoms with van der Waals surface area (Å²) in [5, 5.41) is 6.93. The number of nitrogens with zero attached hydrogens (tertiary/aromatic N) is 1. The van der Waals surface area contributed by atoms with E-state index >= 15 is 0 Å². The van der Waals surface area contributed by atoms with Gasteiger partial charge in [-0.15, -0.1) is 24.0 Å². The standard InChI is InChI=1S/C22H29N3O2.HI/c1-23-21(24-16-18-8-10-20(26-2)11-9-18)25-17-22(12-14-27-15-13-22)19-6-4-3-5-7-19;/h3-11H,12-17H2,1-2H3,(H2,23,24,25);1H. The largest absolute Gasteiger partial charge is 0.497 e. The van der Waals surface area contributed by atoms with Gasteiger partial charge in [-0.2, -0.15) is 0 Å². The fourth-order valence-electron chi connectivity index (χ4n) is 3.52. The van der Waals surface area contributed by atoms with Gasteiger partial charge in [0.1, 0.15) is 5.75 Å². The van der Waals surface area contributed by atoms with E-state index in [2.05, 4.69) is 58.1 Å². The highest BCUT2D eigenvalue weighted by atomic mass is 127. The molecule has 152 valence electrons. The average molecular weight is 495 g/mol. The average Bonchev–Trinajstić information content (AvgIpc) is 2.75. The summed E-state index contributed by atoms with van der Waals surface area (Å²) < 4.78 is 10.8. The molecule has 1 aliphatic heterocycles. The summed E-state index contributed by atoms with van der Waals surface area (Å²) in [5.41, 5.74) is 2.63. The van der Waals surface area contributed by atoms with Gasteiger partial charge in [0.25, 0.3) is 0 Å². The highest BCUT2D eigenvalue weighted by Crippen LogP contribution is 2.34. The maximum atomic E-state index is 5.62. The number of guanidine groups is 1. The van der Waals surface area contributed by atoms with Crippen LogP contribution in [0.1, 0.15) is 24.0 Å². The Morgan fingerprint density at radius 2 is 1.71 bits per heavy atom. The van der Waals surface area contributed by atoms with Crippen LogP contribution in [0.3, 0.4) is 0 Å². The van der Waals surface area contributed by atoms with Gasteiger partial charge in [0.2, 0.25) is 0 Å². The molecule has 2 aromatic rings. The minimum absolute atomic E-state index is 0. The van der Waals surface area contributed by atoms with Crippen molar-refractivity contribution in [3.05, 3.63) is 65.7 Å². The van der Waals surface area contributed by atoms with Crippen molar-refractivity contribution in [3.63, 3.8) is 0 Å². The van der Waals surface area contributed by atoms with E-state index in [1.54, 1.807) is 7.11 Å². The number of hydrogen-bond acceptors (Lipinski definition) is 3. The minimum atomic E-state index is 0. The van der Waals surface area contributed by atoms with Gasteiger partial charge < -0.3 is 20.1 Å². The topological polar surface area (TPSA) is 54.9 Å². The molecule has 1 saturated heterocycles. The zero-order chi connectivity index (χ0) is 19.0. The molecule has 6 heteroatoms. The molecular formula is C22H30IN3O2. The molecule has 0 amide bonds. The van der Waals surface area contributed by atoms with Gasteiger partial charge in [-0.1, -0.05) is 42.5 Å². The summed E-state index contributed by atoms with van der Waals surface area (Å²) in [4.78, 5) is 4.38. The van der Waals surface area contributed by atoms with Crippen LogP contribution in [0.15, 0.2) is 59.6 Å². The highest BCUT2D eigenvalue weighted by molar-refractivity contribution is 14.0. The van der Waals surface area contributed by atoms with Crippen molar-refractivity contribution in [2.24, 2.45) is 4.99 Å². The molecule has 0 atom stereocenters. The number of hydrogen-bond donors (Lipinski definition) is 2. The van der Waals surface area contributed by atoms with Crippen LogP contribution in [0, 0.1) is 0 Å². The van der Waals surface area contributed by atoms with Gasteiger partial charge >= 0.3 is 0 Å². The first kappa shape index (κ1) is 22.5. The van der Waals surface area contributed by atoms with Crippen LogP contribution in [0.5, 0.6) is 5.75 Å². The van der Waals surface area contributed by atoms with Crippen molar-refractivity contribution >= 4 is 29.9 Å². The maximum absolute atomic E-state index is 5.62. The lowest BCUT2D eigenvalue weighted by Crippen LogP contribution is -2.47. The molecule has 5 nitrogen and oxygen atoms in total. The third-order valence-electron chi connectivity index (χ3n) is 5.27. The minimum Gasteiger partial charge on any atom is -0.497 e. The van der Waals surface area contributed by atoms with Crippen LogP contribution in [-0.2, 0) is 16.7 Å². The normalized spacial score (nSPS) is 16.0. The second-order valence-electron chi connectivity index (χ2n) is 6.89. The Bertz CT molecular complexity index is 729. The lowest BCUT2D eigenvalue weighted by Gasteiger charge is -2.38. The van der Waals surface area contributed by atoms with Crippen LogP contribution >= 0.6 is 24.0 Å². The first-order valence-electron chi connectivity index (χ1n) is 9.46. The predicted molar refractivity (Wildman–Crippen MR) is 125 cm³/mol. The Morgan fingerprint density at radius 1 is 1.04 bits per heavy atom. The molecule has 0 aliphatic carbocycles. The molecule has 1 heterocycles. The highest BCUT2D eigenvalue weighted by Gasteiger charge is 2.34. The van der Waals surface area contributed by atoms with E-state index in [9.17, 15) is 0 Å². The molecule has 0 unspecified atom stereocenters. The molecule has 0 radical (unpaired) electrons. The number of rotatable bonds is 6. The van der Waals surface area contributed by atoms with Crippen molar-refractivity contribution < 1.29 is 9.47 Å². The van der Waals surface area contributed by atoms with Crippen molar-refractivity contribution in [1.29, 1.82) is 0 Å². The first-order valence-corrected chi connectivity index (χ1v) is 9.46. The summed E-state index contributed by atoms with van der Waals surface area (Å²) in [6.45, 7) is 3.15. The SMILES string of the molecule is CN=C(NCc1ccc(OC)cc1)NCC1(c2ccccc2)CCOCC1.I. The van der Waals surface area contributed by atoms with Crippen molar-refractivity contribution in [2.45, 2.75) is 24.8 Å². The molecule has 0 aromatic heterocycles. The number of halogens is 1. The summed E-state index contributed by atoms with van der Waals surface area (Å²) >= 11 is 0. The van der Waals surface area contributed by atoms with E-state index in [4.69, 9.17) is 9.47 Å². The first-order chi connectivity index (χ1) is 13.3. The lowest BCUT2D eigenvalue weighted by molar-refractivity contribution is 0.0514. The van der Waals surface area contributed by atoms with Crippen LogP contribution in [-0.4, -0.2) is 39.9 Å². The number of nitrogens with one attached hydrogen (secondary N) is 2. The molecule has 1 aliphatic rings. The molecule has 28 heavy (non-hydrogen) atoms. The molecule has 0 bridgehead atoms. The van der Waals surface area contributed by atoms with E-state index in [0.29, 0.717) is 6.54 Å². The number of ether oxygens (including phenoxy) is 2. The predicted octanol–water partition coefficient (Wildman–Crippen LogP) is 3.73. The number of methoxy groups -OCH3 is 1. The zero-order valence-electron chi connectivity index (χ0n) is 16.6. The Labute approximate surface area is 184 Å². The molecule has 1 fully saturated rings. The van der Waals surface area contributed by atoms with Crippen molar-refractivity contribution in [1.82, 2.24) is 10.6 Å². The van der Waals surface area contributed by atoms with Crippen LogP contribution in [0.2, 0.25) is 0 Å². The van der Waals surface area contributed by atoms with E-state index in [1.807, 2.05) is 19.2 Å². The maximum Gasteiger partial charge on any atom is 0.191 e. The molecule has 3 rings (SSSR count). The second-order valence-corrected chi connectivity index (χ2v) is 6.89. The zero-order valence-corrected chi connectivity index (χ0v) is 18.9. The Balaban J connectivity index is 0.00000280. The number of benzene rings is 2. The van der Waals surface area contributed by atoms with E-state index in [0.717, 1.165) is 44.3 Å². The fourth-order valence-corrected chi connectivity index (χ4v) is 3.52. The van der Waals surface area contributed by atoms with Gasteiger partial charge in [0.15, 0.2) is 5.96 Å². The van der Waals surface area contributed by atoms with Gasteiger partial charge in [-0.25, -0.2) is 0 Å². The monoisotopic (exact) mass is 495 g/mol. The van der Waals surface area contributed by atoms with Gasteiger partial charge in [-0.05, 0) is 36.1 Å². The lowest BCUT2D eigenvalue weighted by atomic mass is 9.74. The molecule has 0 saturated carbocycles. The summed E-state index contributed by atoms with van der Waals surface area (Å²) in [6.07, 6.45) is 2.03. The van der Waals surface area contributed by atoms with E-state index in [1.165, 1.54) is 11.1 Å². The van der Waals surface area contributed by atoms with E-state index < -0.39 is 0 Å². The Morgan fingerprint density at radius 3 is 2.32 bits per heavy atom. The van der Waals surface area contributed by atoms with Gasteiger partial charge in [0, 0.05) is 38.8 Å². The van der Waals surface area contributed by atoms with Gasteiger partial charge in [-0.3, -0.25) is 4.99 Å². The number of aliphatic imine (C=N–C) groups is 1. The van der Waals surface area contributed by atoms with Crippen LogP contribution in [0.4, 0.5) is 0 Å².